The number of ether oxygens (including phenoxy) is 1. The third-order valence-corrected chi connectivity index (χ3v) is 12.7. The number of nitrogens with zero attached hydrogens (tertiary/aromatic N) is 2. The molecule has 2 aliphatic heterocycles. The van der Waals surface area contributed by atoms with Gasteiger partial charge in [0.15, 0.2) is 5.71 Å². The molecule has 0 radical (unpaired) electrons. The molecule has 0 aliphatic carbocycles. The fourth-order valence-corrected chi connectivity index (χ4v) is 9.83. The van der Waals surface area contributed by atoms with E-state index in [9.17, 15) is 35.8 Å². The van der Waals surface area contributed by atoms with Gasteiger partial charge in [-0.1, -0.05) is 36.4 Å². The van der Waals surface area contributed by atoms with Crippen molar-refractivity contribution in [1.82, 2.24) is 0 Å². The summed E-state index contributed by atoms with van der Waals surface area (Å²) in [6, 6.07) is 18.0. The molecule has 1 unspecified atom stereocenters. The monoisotopic (exact) mass is 775 g/mol. The number of carboxylic acids is 1. The Balaban J connectivity index is 1.52. The van der Waals surface area contributed by atoms with Crippen molar-refractivity contribution in [1.29, 1.82) is 0 Å². The molecule has 0 amide bonds. The van der Waals surface area contributed by atoms with Crippen molar-refractivity contribution in [2.24, 2.45) is 0 Å². The van der Waals surface area contributed by atoms with Gasteiger partial charge < -0.3 is 14.7 Å². The van der Waals surface area contributed by atoms with Crippen LogP contribution in [0.25, 0.3) is 21.5 Å². The summed E-state index contributed by atoms with van der Waals surface area (Å²) in [6.45, 7) is 10.1. The van der Waals surface area contributed by atoms with E-state index in [1.165, 1.54) is 23.1 Å². The number of rotatable bonds is 14. The van der Waals surface area contributed by atoms with E-state index in [2.05, 4.69) is 59.7 Å². The van der Waals surface area contributed by atoms with Crippen LogP contribution in [0.15, 0.2) is 94.4 Å². The molecule has 4 aromatic carbocycles. The van der Waals surface area contributed by atoms with E-state index in [-0.39, 0.29) is 22.6 Å². The first-order valence-electron chi connectivity index (χ1n) is 18.1. The average molecular weight is 776 g/mol. The van der Waals surface area contributed by atoms with Crippen LogP contribution in [-0.2, 0) is 40.6 Å². The number of methoxy groups -OCH3 is 1. The van der Waals surface area contributed by atoms with Gasteiger partial charge in [-0.25, -0.2) is 0 Å². The van der Waals surface area contributed by atoms with E-state index in [0.29, 0.717) is 43.7 Å². The van der Waals surface area contributed by atoms with E-state index in [0.717, 1.165) is 41.5 Å². The van der Waals surface area contributed by atoms with Crippen LogP contribution in [0.1, 0.15) is 70.9 Å². The first-order valence-corrected chi connectivity index (χ1v) is 20.9. The molecule has 0 saturated carbocycles. The summed E-state index contributed by atoms with van der Waals surface area (Å²) < 4.78 is 77.8. The van der Waals surface area contributed by atoms with E-state index in [1.807, 2.05) is 32.1 Å². The lowest BCUT2D eigenvalue weighted by Crippen LogP contribution is -2.30. The van der Waals surface area contributed by atoms with Gasteiger partial charge in [0.1, 0.15) is 11.4 Å². The highest BCUT2D eigenvalue weighted by Crippen LogP contribution is 2.53. The van der Waals surface area contributed by atoms with Gasteiger partial charge in [0.25, 0.3) is 20.2 Å². The smallest absolute Gasteiger partial charge is 0.303 e. The van der Waals surface area contributed by atoms with Crippen molar-refractivity contribution >= 4 is 64.8 Å². The van der Waals surface area contributed by atoms with Crippen molar-refractivity contribution in [3.05, 3.63) is 95.7 Å². The summed E-state index contributed by atoms with van der Waals surface area (Å²) in [5.74, 6) is -0.859. The van der Waals surface area contributed by atoms with Crippen LogP contribution < -0.4 is 4.90 Å². The molecule has 0 aromatic heterocycles. The molecular weight excluding hydrogens is 729 g/mol. The zero-order chi connectivity index (χ0) is 39.2. The lowest BCUT2D eigenvalue weighted by molar-refractivity contribution is -0.438. The number of allylic oxidation sites excluding steroid dienone is 4. The van der Waals surface area contributed by atoms with Crippen LogP contribution >= 0.6 is 0 Å². The normalized spacial score (nSPS) is 19.1. The van der Waals surface area contributed by atoms with Crippen LogP contribution in [-0.4, -0.2) is 74.1 Å². The Morgan fingerprint density at radius 2 is 1.63 bits per heavy atom. The first kappa shape index (κ1) is 39.3. The van der Waals surface area contributed by atoms with Crippen LogP contribution in [0.4, 0.5) is 11.4 Å². The number of likely N-dealkylation sites (N-methyl/N-ethyl adjacent to an activating group) is 1. The van der Waals surface area contributed by atoms with Crippen LogP contribution in [0, 0.1) is 0 Å². The molecule has 54 heavy (non-hydrogen) atoms. The summed E-state index contributed by atoms with van der Waals surface area (Å²) >= 11 is 0. The van der Waals surface area contributed by atoms with Crippen LogP contribution in [0.3, 0.4) is 0 Å². The largest absolute Gasteiger partial charge is 0.481 e. The Hall–Kier alpha value is -4.40. The lowest BCUT2D eigenvalue weighted by Gasteiger charge is -2.30. The SMILES string of the molecule is CCN1C(=CC=CC2=[N+](CCCCCC(=O)O)c3ccc4c(S(=O)(=O)O)cc(S(=O)(=O)O)cc4c3C2(C)C)C(C)(CCOC)c2c1ccc1ccccc21. The number of fused-ring (bicyclic) bond motifs is 6. The zero-order valence-electron chi connectivity index (χ0n) is 31.2. The molecule has 6 rings (SSSR count). The number of hydrogen-bond donors (Lipinski definition) is 3. The molecule has 3 N–H and O–H groups in total. The second kappa shape index (κ2) is 14.7. The van der Waals surface area contributed by atoms with Gasteiger partial charge >= 0.3 is 5.97 Å². The number of hydrogen-bond acceptors (Lipinski definition) is 7. The third-order valence-electron chi connectivity index (χ3n) is 11.0. The van der Waals surface area contributed by atoms with Crippen molar-refractivity contribution < 1.29 is 45.2 Å². The van der Waals surface area contributed by atoms with Crippen molar-refractivity contribution in [2.45, 2.75) is 80.4 Å². The number of carboxylic acid groups (broad SMARTS) is 1. The van der Waals surface area contributed by atoms with Gasteiger partial charge in [-0.3, -0.25) is 13.9 Å². The minimum Gasteiger partial charge on any atom is -0.481 e. The Morgan fingerprint density at radius 3 is 2.30 bits per heavy atom. The van der Waals surface area contributed by atoms with Gasteiger partial charge in [0.05, 0.1) is 10.3 Å². The number of benzene rings is 4. The highest BCUT2D eigenvalue weighted by atomic mass is 32.2. The van der Waals surface area contributed by atoms with Gasteiger partial charge in [-0.05, 0) is 99.0 Å². The lowest BCUT2D eigenvalue weighted by atomic mass is 9.76. The molecule has 1 atom stereocenters. The minimum atomic E-state index is -4.89. The Morgan fingerprint density at radius 1 is 0.889 bits per heavy atom. The molecule has 0 saturated heterocycles. The first-order chi connectivity index (χ1) is 25.4. The second-order valence-electron chi connectivity index (χ2n) is 14.7. The van der Waals surface area contributed by atoms with Crippen LogP contribution in [0.5, 0.6) is 0 Å². The molecule has 2 aliphatic rings. The summed E-state index contributed by atoms with van der Waals surface area (Å²) in [5.41, 5.74) is 4.50. The van der Waals surface area contributed by atoms with E-state index < -0.39 is 41.4 Å². The summed E-state index contributed by atoms with van der Waals surface area (Å²) in [7, 11) is -8.03. The van der Waals surface area contributed by atoms with Crippen LogP contribution in [0.2, 0.25) is 0 Å². The third kappa shape index (κ3) is 6.99. The number of unbranched alkanes of at least 4 members (excludes halogenated alkanes) is 2. The average Bonchev–Trinajstić information content (AvgIpc) is 3.48. The molecular formula is C41H47N2O9S2+. The minimum absolute atomic E-state index is 0.0566. The summed E-state index contributed by atoms with van der Waals surface area (Å²) in [4.78, 5) is 12.3. The molecule has 286 valence electrons. The second-order valence-corrected chi connectivity index (χ2v) is 17.5. The highest BCUT2D eigenvalue weighted by molar-refractivity contribution is 7.86. The van der Waals surface area contributed by atoms with E-state index in [4.69, 9.17) is 4.74 Å². The van der Waals surface area contributed by atoms with Gasteiger partial charge in [0, 0.05) is 73.0 Å². The zero-order valence-corrected chi connectivity index (χ0v) is 32.8. The molecule has 0 bridgehead atoms. The topological polar surface area (TPSA) is 162 Å². The van der Waals surface area contributed by atoms with Gasteiger partial charge in [-0.15, -0.1) is 0 Å². The summed E-state index contributed by atoms with van der Waals surface area (Å²) in [6.07, 6.45) is 8.80. The maximum atomic E-state index is 12.6. The quantitative estimate of drug-likeness (QED) is 0.0655. The molecule has 0 fully saturated rings. The Labute approximate surface area is 316 Å². The number of anilines is 1. The predicted molar refractivity (Wildman–Crippen MR) is 211 cm³/mol. The maximum Gasteiger partial charge on any atom is 0.303 e. The van der Waals surface area contributed by atoms with Crippen molar-refractivity contribution in [3.63, 3.8) is 0 Å². The molecule has 4 aromatic rings. The molecule has 13 heteroatoms. The molecule has 2 heterocycles. The Kier molecular flexibility index (Phi) is 10.7. The van der Waals surface area contributed by atoms with E-state index >= 15 is 0 Å². The standard InChI is InChI=1S/C41H46N2O9S2/c1-6-42-33-20-18-27-13-9-10-14-29(27)39(33)41(4,22-24-52-5)36(42)16-12-15-35-40(2,3)38-31-25-28(53(46,47)48)26-34(54(49,50)51)30(31)19-21-32(38)43(35)23-11-7-8-17-37(44)45/h9-10,12-16,18-21,25-26H,6-8,11,17,22-24H2,1-5H3,(H2-,44,45,46,47,48,49,50,51)/p+1. The van der Waals surface area contributed by atoms with Crippen molar-refractivity contribution in [3.8, 4) is 0 Å². The van der Waals surface area contributed by atoms with Crippen molar-refractivity contribution in [2.75, 3.05) is 31.7 Å². The number of aliphatic carboxylic acids is 1. The fourth-order valence-electron chi connectivity index (χ4n) is 8.49. The summed E-state index contributed by atoms with van der Waals surface area (Å²) in [5, 5.41) is 11.9. The fraction of sp³-hybridized carbons (Fsp3) is 0.366. The highest BCUT2D eigenvalue weighted by Gasteiger charge is 2.47. The predicted octanol–water partition coefficient (Wildman–Crippen LogP) is 7.78. The maximum absolute atomic E-state index is 12.6. The van der Waals surface area contributed by atoms with Gasteiger partial charge in [0.2, 0.25) is 5.69 Å². The molecule has 0 spiro atoms. The molecule has 11 nitrogen and oxygen atoms in total. The number of carbonyl (C=O) groups is 1. The van der Waals surface area contributed by atoms with Gasteiger partial charge in [-0.2, -0.15) is 21.4 Å². The van der Waals surface area contributed by atoms with E-state index in [1.54, 1.807) is 13.2 Å². The Bertz CT molecular complexity index is 2480.